The number of carbonyl (C=O) groups is 1. The van der Waals surface area contributed by atoms with E-state index in [0.717, 1.165) is 25.5 Å². The summed E-state index contributed by atoms with van der Waals surface area (Å²) in [5, 5.41) is 10.8. The number of para-hydroxylation sites is 1. The first-order chi connectivity index (χ1) is 19.1. The Labute approximate surface area is 237 Å². The fourth-order valence-corrected chi connectivity index (χ4v) is 5.46. The van der Waals surface area contributed by atoms with Crippen molar-refractivity contribution >= 4 is 28.3 Å². The summed E-state index contributed by atoms with van der Waals surface area (Å²) in [7, 11) is 1.75. The molecule has 214 valence electrons. The Bertz CT molecular complexity index is 1670. The van der Waals surface area contributed by atoms with Crippen molar-refractivity contribution in [2.75, 3.05) is 11.9 Å². The molecule has 1 aliphatic heterocycles. The molecule has 41 heavy (non-hydrogen) atoms. The second kappa shape index (κ2) is 9.55. The molecule has 1 N–H and O–H groups in total. The van der Waals surface area contributed by atoms with Crippen molar-refractivity contribution < 1.29 is 23.1 Å². The minimum Gasteiger partial charge on any atom is -0.384 e. The number of alkyl halides is 2. The van der Waals surface area contributed by atoms with Crippen LogP contribution in [0, 0.1) is 12.7 Å². The number of rotatable bonds is 6. The van der Waals surface area contributed by atoms with Crippen LogP contribution in [0.15, 0.2) is 60.7 Å². The molecular weight excluding hydrogens is 529 g/mol. The van der Waals surface area contributed by atoms with E-state index in [9.17, 15) is 9.90 Å². The first kappa shape index (κ1) is 28.5. The third kappa shape index (κ3) is 4.43. The number of anilines is 2. The smallest absolute Gasteiger partial charge is 0.303 e. The first-order valence-corrected chi connectivity index (χ1v) is 13.4. The first-order valence-electron chi connectivity index (χ1n) is 13.4. The van der Waals surface area contributed by atoms with Crippen LogP contribution in [0.25, 0.3) is 10.9 Å². The number of fused-ring (bicyclic) bond motifs is 2. The third-order valence-electron chi connectivity index (χ3n) is 8.19. The predicted molar refractivity (Wildman–Crippen MR) is 153 cm³/mol. The highest BCUT2D eigenvalue weighted by molar-refractivity contribution is 6.05. The van der Waals surface area contributed by atoms with E-state index in [1.165, 1.54) is 12.1 Å². The number of hydrogen-bond donors (Lipinski definition) is 1. The molecule has 2 heterocycles. The average Bonchev–Trinajstić information content (AvgIpc) is 3.07. The van der Waals surface area contributed by atoms with Gasteiger partial charge in [0, 0.05) is 29.2 Å². The molecule has 0 saturated heterocycles. The van der Waals surface area contributed by atoms with E-state index in [-0.39, 0.29) is 11.5 Å². The van der Waals surface area contributed by atoms with Crippen LogP contribution in [0.1, 0.15) is 73.5 Å². The second-order valence-corrected chi connectivity index (χ2v) is 11.7. The van der Waals surface area contributed by atoms with Crippen molar-refractivity contribution in [3.63, 3.8) is 0 Å². The van der Waals surface area contributed by atoms with E-state index in [1.807, 2.05) is 50.2 Å². The van der Waals surface area contributed by atoms with Gasteiger partial charge in [0.1, 0.15) is 23.1 Å². The molecular formula is C32H33F3N4O2. The standard InChI is InChI=1S/C32H33F3N4O2/c1-18(21-14-11-15-24(27(21)33)32(34,35)31(5,6)41)39(20-12-9-8-10-13-20)28-23-16-25-22(17-26(23)36-19(2)37-28)29(40)38(7)30(25,3)4/h8-18,41H,1-7H3/t18-/m1/s1. The molecule has 0 radical (unpaired) electrons. The van der Waals surface area contributed by atoms with Crippen LogP contribution in [0.3, 0.4) is 0 Å². The van der Waals surface area contributed by atoms with Gasteiger partial charge >= 0.3 is 5.92 Å². The zero-order valence-electron chi connectivity index (χ0n) is 24.1. The lowest BCUT2D eigenvalue weighted by Gasteiger charge is -2.34. The summed E-state index contributed by atoms with van der Waals surface area (Å²) in [5.74, 6) is -4.16. The van der Waals surface area contributed by atoms with Crippen LogP contribution in [-0.2, 0) is 11.5 Å². The lowest BCUT2D eigenvalue weighted by Crippen LogP contribution is -2.41. The fourth-order valence-electron chi connectivity index (χ4n) is 5.46. The quantitative estimate of drug-likeness (QED) is 0.270. The zero-order chi connectivity index (χ0) is 30.1. The largest absolute Gasteiger partial charge is 0.384 e. The number of nitrogens with zero attached hydrogens (tertiary/aromatic N) is 4. The van der Waals surface area contributed by atoms with Crippen molar-refractivity contribution in [1.29, 1.82) is 0 Å². The van der Waals surface area contributed by atoms with Gasteiger partial charge in [0.05, 0.1) is 22.7 Å². The zero-order valence-corrected chi connectivity index (χ0v) is 24.1. The topological polar surface area (TPSA) is 69.6 Å². The van der Waals surface area contributed by atoms with Crippen LogP contribution < -0.4 is 4.90 Å². The average molecular weight is 563 g/mol. The molecule has 0 saturated carbocycles. The lowest BCUT2D eigenvalue weighted by atomic mass is 9.90. The summed E-state index contributed by atoms with van der Waals surface area (Å²) in [6.45, 7) is 9.27. The molecule has 1 amide bonds. The number of halogens is 3. The van der Waals surface area contributed by atoms with E-state index in [4.69, 9.17) is 4.98 Å². The Morgan fingerprint density at radius 2 is 1.68 bits per heavy atom. The van der Waals surface area contributed by atoms with Crippen LogP contribution in [0.5, 0.6) is 0 Å². The number of carbonyl (C=O) groups excluding carboxylic acids is 1. The van der Waals surface area contributed by atoms with Gasteiger partial charge in [-0.2, -0.15) is 8.78 Å². The highest BCUT2D eigenvalue weighted by Crippen LogP contribution is 2.45. The number of aryl methyl sites for hydroxylation is 1. The third-order valence-corrected chi connectivity index (χ3v) is 8.19. The molecule has 1 atom stereocenters. The van der Waals surface area contributed by atoms with Crippen molar-refractivity contribution in [3.8, 4) is 0 Å². The van der Waals surface area contributed by atoms with Crippen molar-refractivity contribution in [3.05, 3.63) is 94.6 Å². The Balaban J connectivity index is 1.77. The van der Waals surface area contributed by atoms with Crippen LogP contribution in [-0.4, -0.2) is 38.5 Å². The normalized spacial score (nSPS) is 15.8. The highest BCUT2D eigenvalue weighted by atomic mass is 19.3. The van der Waals surface area contributed by atoms with Gasteiger partial charge in [-0.25, -0.2) is 14.4 Å². The van der Waals surface area contributed by atoms with Gasteiger partial charge < -0.3 is 14.9 Å². The van der Waals surface area contributed by atoms with Crippen molar-refractivity contribution in [2.45, 2.75) is 64.6 Å². The van der Waals surface area contributed by atoms with Gasteiger partial charge in [0.2, 0.25) is 0 Å². The summed E-state index contributed by atoms with van der Waals surface area (Å²) < 4.78 is 46.4. The molecule has 0 unspecified atom stereocenters. The molecule has 4 aromatic rings. The summed E-state index contributed by atoms with van der Waals surface area (Å²) in [4.78, 5) is 25.9. The molecule has 0 aliphatic carbocycles. The van der Waals surface area contributed by atoms with Gasteiger partial charge in [-0.3, -0.25) is 4.79 Å². The maximum Gasteiger partial charge on any atom is 0.303 e. The highest BCUT2D eigenvalue weighted by Gasteiger charge is 2.49. The molecule has 3 aromatic carbocycles. The number of amides is 1. The number of hydrogen-bond acceptors (Lipinski definition) is 5. The van der Waals surface area contributed by atoms with Gasteiger partial charge in [-0.05, 0) is 77.4 Å². The predicted octanol–water partition coefficient (Wildman–Crippen LogP) is 7.16. The Kier molecular flexibility index (Phi) is 6.65. The monoisotopic (exact) mass is 562 g/mol. The fraction of sp³-hybridized carbons (Fsp3) is 0.344. The number of aliphatic hydroxyl groups is 1. The summed E-state index contributed by atoms with van der Waals surface area (Å²) in [5.41, 5.74) is -1.37. The summed E-state index contributed by atoms with van der Waals surface area (Å²) in [6, 6.07) is 15.9. The maximum absolute atomic E-state index is 16.0. The van der Waals surface area contributed by atoms with E-state index in [1.54, 1.807) is 36.8 Å². The van der Waals surface area contributed by atoms with Gasteiger partial charge in [0.15, 0.2) is 0 Å². The number of benzene rings is 3. The lowest BCUT2D eigenvalue weighted by molar-refractivity contribution is -0.170. The Morgan fingerprint density at radius 1 is 1.02 bits per heavy atom. The molecule has 0 spiro atoms. The van der Waals surface area contributed by atoms with Crippen LogP contribution in [0.2, 0.25) is 0 Å². The van der Waals surface area contributed by atoms with E-state index in [0.29, 0.717) is 33.8 Å². The van der Waals surface area contributed by atoms with E-state index >= 15 is 13.2 Å². The molecule has 1 aromatic heterocycles. The van der Waals surface area contributed by atoms with E-state index < -0.39 is 34.5 Å². The summed E-state index contributed by atoms with van der Waals surface area (Å²) in [6.07, 6.45) is 0. The molecule has 5 rings (SSSR count). The minimum atomic E-state index is -3.84. The van der Waals surface area contributed by atoms with Gasteiger partial charge in [-0.1, -0.05) is 30.3 Å². The minimum absolute atomic E-state index is 0.0103. The Morgan fingerprint density at radius 3 is 2.32 bits per heavy atom. The second-order valence-electron chi connectivity index (χ2n) is 11.7. The molecule has 9 heteroatoms. The molecule has 1 aliphatic rings. The maximum atomic E-state index is 16.0. The van der Waals surface area contributed by atoms with Crippen LogP contribution in [0.4, 0.5) is 24.7 Å². The van der Waals surface area contributed by atoms with Crippen LogP contribution >= 0.6 is 0 Å². The number of aromatic nitrogens is 2. The SMILES string of the molecule is Cc1nc(N(c2ccccc2)[C@H](C)c2cccc(C(F)(F)C(C)(C)O)c2F)c2cc3c(cc2n1)C(=O)N(C)C3(C)C. The van der Waals surface area contributed by atoms with Gasteiger partial charge in [0.25, 0.3) is 5.91 Å². The molecule has 0 bridgehead atoms. The van der Waals surface area contributed by atoms with E-state index in [2.05, 4.69) is 4.98 Å². The molecule has 0 fully saturated rings. The summed E-state index contributed by atoms with van der Waals surface area (Å²) >= 11 is 0. The van der Waals surface area contributed by atoms with Gasteiger partial charge in [-0.15, -0.1) is 0 Å². The Hall–Kier alpha value is -3.98. The molecule has 6 nitrogen and oxygen atoms in total. The van der Waals surface area contributed by atoms with Crippen molar-refractivity contribution in [2.24, 2.45) is 0 Å². The van der Waals surface area contributed by atoms with Crippen molar-refractivity contribution in [1.82, 2.24) is 14.9 Å².